The van der Waals surface area contributed by atoms with Crippen LogP contribution in [0.4, 0.5) is 0 Å². The number of nitrogens with zero attached hydrogens (tertiary/aromatic N) is 3. The fourth-order valence-corrected chi connectivity index (χ4v) is 4.41. The van der Waals surface area contributed by atoms with E-state index in [0.29, 0.717) is 5.25 Å². The molecule has 0 spiro atoms. The third kappa shape index (κ3) is 7.79. The van der Waals surface area contributed by atoms with E-state index >= 15 is 0 Å². The highest BCUT2D eigenvalue weighted by molar-refractivity contribution is 8.00. The maximum absolute atomic E-state index is 8.36. The summed E-state index contributed by atoms with van der Waals surface area (Å²) in [5.74, 6) is 0.911. The number of aryl methyl sites for hydroxylation is 3. The Morgan fingerprint density at radius 2 is 1.83 bits per heavy atom. The molecule has 0 aliphatic carbocycles. The highest BCUT2D eigenvalue weighted by atomic mass is 32.2. The Labute approximate surface area is 180 Å². The second kappa shape index (κ2) is 11.9. The van der Waals surface area contributed by atoms with Gasteiger partial charge in [-0.15, -0.1) is 21.9 Å². The summed E-state index contributed by atoms with van der Waals surface area (Å²) >= 11 is 1.99. The molecule has 160 valence electrons. The maximum atomic E-state index is 8.36. The number of thioether (sulfide) groups is 1. The Balaban J connectivity index is 0.000000735. The number of rotatable bonds is 8. The van der Waals surface area contributed by atoms with E-state index < -0.39 is 5.09 Å². The first-order valence-corrected chi connectivity index (χ1v) is 10.4. The van der Waals surface area contributed by atoms with Gasteiger partial charge in [0.1, 0.15) is 5.75 Å². The topological polar surface area (TPSA) is 90.4 Å². The Morgan fingerprint density at radius 1 is 1.20 bits per heavy atom. The summed E-state index contributed by atoms with van der Waals surface area (Å²) in [5.41, 5.74) is 4.06. The number of aromatic nitrogens is 2. The van der Waals surface area contributed by atoms with Gasteiger partial charge in [-0.25, -0.2) is 4.98 Å². The van der Waals surface area contributed by atoms with Crippen molar-refractivity contribution in [2.24, 2.45) is 0 Å². The lowest BCUT2D eigenvalue weighted by atomic mass is 10.1. The lowest BCUT2D eigenvalue weighted by Crippen LogP contribution is -2.13. The van der Waals surface area contributed by atoms with E-state index in [-0.39, 0.29) is 0 Å². The molecule has 1 unspecified atom stereocenters. The summed E-state index contributed by atoms with van der Waals surface area (Å²) in [6, 6.07) is 14.9. The van der Waals surface area contributed by atoms with Crippen molar-refractivity contribution in [1.29, 1.82) is 0 Å². The molecule has 30 heavy (non-hydrogen) atoms. The van der Waals surface area contributed by atoms with Gasteiger partial charge in [-0.05, 0) is 55.5 Å². The summed E-state index contributed by atoms with van der Waals surface area (Å²) < 4.78 is 7.44. The lowest BCUT2D eigenvalue weighted by molar-refractivity contribution is -0.742. The molecule has 3 aromatic rings. The van der Waals surface area contributed by atoms with E-state index in [1.54, 1.807) is 7.11 Å². The molecule has 0 amide bonds. The van der Waals surface area contributed by atoms with E-state index in [0.717, 1.165) is 25.1 Å². The molecular weight excluding hydrogens is 402 g/mol. The quantitative estimate of drug-likeness (QED) is 0.309. The molecule has 0 aliphatic heterocycles. The molecule has 0 bridgehead atoms. The van der Waals surface area contributed by atoms with Gasteiger partial charge >= 0.3 is 0 Å². The van der Waals surface area contributed by atoms with Crippen LogP contribution in [0.25, 0.3) is 0 Å². The van der Waals surface area contributed by atoms with Crippen LogP contribution in [0.1, 0.15) is 23.1 Å². The van der Waals surface area contributed by atoms with Crippen LogP contribution >= 0.6 is 11.8 Å². The zero-order valence-electron chi connectivity index (χ0n) is 17.4. The molecule has 3 rings (SSSR count). The van der Waals surface area contributed by atoms with Crippen LogP contribution in [0, 0.1) is 24.0 Å². The van der Waals surface area contributed by atoms with Gasteiger partial charge in [0.2, 0.25) is 0 Å². The number of imidazole rings is 1. The molecule has 0 radical (unpaired) electrons. The highest BCUT2D eigenvalue weighted by Gasteiger charge is 2.15. The van der Waals surface area contributed by atoms with Crippen LogP contribution in [-0.2, 0) is 13.0 Å². The van der Waals surface area contributed by atoms with Crippen molar-refractivity contribution in [1.82, 2.24) is 9.55 Å². The molecule has 8 heteroatoms. The average molecular weight is 430 g/mol. The zero-order chi connectivity index (χ0) is 21.9. The first kappa shape index (κ1) is 23.3. The lowest BCUT2D eigenvalue weighted by Gasteiger charge is -2.20. The molecule has 0 aliphatic rings. The van der Waals surface area contributed by atoms with E-state index in [2.05, 4.69) is 53.7 Å². The molecule has 7 nitrogen and oxygen atoms in total. The number of hydrogen-bond acceptors (Lipinski definition) is 5. The Kier molecular flexibility index (Phi) is 9.21. The van der Waals surface area contributed by atoms with Gasteiger partial charge in [-0.1, -0.05) is 30.3 Å². The van der Waals surface area contributed by atoms with Crippen LogP contribution in [0.15, 0.2) is 66.1 Å². The number of hydrogen-bond donors (Lipinski definition) is 1. The van der Waals surface area contributed by atoms with Gasteiger partial charge in [-0.2, -0.15) is 0 Å². The van der Waals surface area contributed by atoms with Gasteiger partial charge in [0.25, 0.3) is 5.09 Å². The van der Waals surface area contributed by atoms with Gasteiger partial charge < -0.3 is 14.5 Å². The SMILES string of the molecule is COc1ccc(CCC(Cn2ccnc2)Sc2c(C)cccc2C)cc1.O=[N+]([O-])O. The smallest absolute Gasteiger partial charge is 0.291 e. The Bertz CT molecular complexity index is 890. The molecule has 0 saturated heterocycles. The maximum Gasteiger partial charge on any atom is 0.291 e. The molecule has 0 fully saturated rings. The first-order chi connectivity index (χ1) is 14.4. The van der Waals surface area contributed by atoms with Crippen LogP contribution in [-0.4, -0.2) is 32.2 Å². The van der Waals surface area contributed by atoms with Gasteiger partial charge in [0, 0.05) is 29.1 Å². The minimum absolute atomic E-state index is 0.492. The van der Waals surface area contributed by atoms with Crippen LogP contribution < -0.4 is 4.74 Å². The zero-order valence-corrected chi connectivity index (χ0v) is 18.2. The molecule has 1 atom stereocenters. The summed E-state index contributed by atoms with van der Waals surface area (Å²) in [5, 5.41) is 14.1. The van der Waals surface area contributed by atoms with Crippen LogP contribution in [0.5, 0.6) is 5.75 Å². The van der Waals surface area contributed by atoms with Crippen LogP contribution in [0.2, 0.25) is 0 Å². The third-order valence-corrected chi connectivity index (χ3v) is 6.18. The fourth-order valence-electron chi connectivity index (χ4n) is 3.09. The summed E-state index contributed by atoms with van der Waals surface area (Å²) in [6.45, 7) is 5.37. The standard InChI is InChI=1S/C22H26N2OS.HNO3/c1-17-5-4-6-18(2)22(17)26-21(15-24-14-13-23-16-24)12-9-19-7-10-20(25-3)11-8-19;2-1(3)4/h4-8,10-11,13-14,16,21H,9,12,15H2,1-3H3;(H,2,3,4). The Morgan fingerprint density at radius 3 is 2.37 bits per heavy atom. The minimum atomic E-state index is -1.50. The monoisotopic (exact) mass is 429 g/mol. The number of benzene rings is 2. The summed E-state index contributed by atoms with van der Waals surface area (Å²) in [4.78, 5) is 14.0. The molecule has 0 saturated carbocycles. The van der Waals surface area contributed by atoms with Crippen molar-refractivity contribution >= 4 is 11.8 Å². The normalized spacial score (nSPS) is 11.3. The first-order valence-electron chi connectivity index (χ1n) is 9.54. The van der Waals surface area contributed by atoms with E-state index in [9.17, 15) is 0 Å². The van der Waals surface area contributed by atoms with Gasteiger partial charge in [-0.3, -0.25) is 0 Å². The van der Waals surface area contributed by atoms with E-state index in [1.807, 2.05) is 42.6 Å². The predicted octanol–water partition coefficient (Wildman–Crippen LogP) is 4.95. The van der Waals surface area contributed by atoms with Crippen molar-refractivity contribution in [2.75, 3.05) is 7.11 Å². The van der Waals surface area contributed by atoms with Gasteiger partial charge in [0.05, 0.1) is 13.4 Å². The molecular formula is C22H27N3O4S. The second-order valence-electron chi connectivity index (χ2n) is 6.84. The number of ether oxygens (including phenoxy) is 1. The van der Waals surface area contributed by atoms with E-state index in [1.165, 1.54) is 21.6 Å². The second-order valence-corrected chi connectivity index (χ2v) is 8.16. The number of methoxy groups -OCH3 is 1. The van der Waals surface area contributed by atoms with Crippen LogP contribution in [0.3, 0.4) is 0 Å². The van der Waals surface area contributed by atoms with Crippen molar-refractivity contribution < 1.29 is 15.0 Å². The van der Waals surface area contributed by atoms with Crippen molar-refractivity contribution in [3.05, 3.63) is 88.0 Å². The van der Waals surface area contributed by atoms with Crippen molar-refractivity contribution in [3.8, 4) is 5.75 Å². The Hall–Kier alpha value is -3.00. The van der Waals surface area contributed by atoms with E-state index in [4.69, 9.17) is 20.1 Å². The highest BCUT2D eigenvalue weighted by Crippen LogP contribution is 2.33. The molecule has 2 aromatic carbocycles. The largest absolute Gasteiger partial charge is 0.497 e. The summed E-state index contributed by atoms with van der Waals surface area (Å²) in [7, 11) is 1.71. The van der Waals surface area contributed by atoms with Crippen molar-refractivity contribution in [2.45, 2.75) is 43.4 Å². The minimum Gasteiger partial charge on any atom is -0.497 e. The molecule has 1 N–H and O–H groups in total. The third-order valence-electron chi connectivity index (χ3n) is 4.58. The molecule has 1 heterocycles. The fraction of sp³-hybridized carbons (Fsp3) is 0.318. The average Bonchev–Trinajstić information content (AvgIpc) is 3.22. The van der Waals surface area contributed by atoms with Crippen molar-refractivity contribution in [3.63, 3.8) is 0 Å². The molecule has 1 aromatic heterocycles. The predicted molar refractivity (Wildman–Crippen MR) is 118 cm³/mol. The van der Waals surface area contributed by atoms with Gasteiger partial charge in [0.15, 0.2) is 0 Å². The summed E-state index contributed by atoms with van der Waals surface area (Å²) in [6.07, 6.45) is 7.98.